The van der Waals surface area contributed by atoms with E-state index in [0.717, 1.165) is 23.6 Å². The number of nitrogens with zero attached hydrogens (tertiary/aromatic N) is 3. The molecule has 5 heteroatoms. The molecule has 0 fully saturated rings. The van der Waals surface area contributed by atoms with E-state index in [1.165, 1.54) is 6.33 Å². The molecule has 0 saturated carbocycles. The van der Waals surface area contributed by atoms with Crippen molar-refractivity contribution < 1.29 is 4.74 Å². The Morgan fingerprint density at radius 2 is 2.05 bits per heavy atom. The second-order valence-electron chi connectivity index (χ2n) is 4.89. The molecule has 0 aliphatic carbocycles. The summed E-state index contributed by atoms with van der Waals surface area (Å²) in [5.74, 6) is 1.41. The number of rotatable bonds is 5. The first-order valence-electron chi connectivity index (χ1n) is 6.57. The van der Waals surface area contributed by atoms with Gasteiger partial charge in [-0.2, -0.15) is 0 Å². The predicted octanol–water partition coefficient (Wildman–Crippen LogP) is 2.48. The number of benzene rings is 1. The Morgan fingerprint density at radius 1 is 1.25 bits per heavy atom. The highest BCUT2D eigenvalue weighted by atomic mass is 16.5. The lowest BCUT2D eigenvalue weighted by atomic mass is 10.1. The maximum absolute atomic E-state index is 5.83. The number of hydrogen-bond acceptors (Lipinski definition) is 5. The summed E-state index contributed by atoms with van der Waals surface area (Å²) in [6.07, 6.45) is 1.52. The summed E-state index contributed by atoms with van der Waals surface area (Å²) in [4.78, 5) is 10.6. The van der Waals surface area contributed by atoms with Crippen LogP contribution in [0.4, 0.5) is 11.5 Å². The van der Waals surface area contributed by atoms with Crippen LogP contribution in [0.15, 0.2) is 36.7 Å². The van der Waals surface area contributed by atoms with E-state index in [-0.39, 0.29) is 0 Å². The number of anilines is 2. The van der Waals surface area contributed by atoms with Gasteiger partial charge in [0.1, 0.15) is 12.1 Å². The normalized spacial score (nSPS) is 10.6. The Hall–Kier alpha value is -2.30. The number of hydrogen-bond donors (Lipinski definition) is 1. The Balaban J connectivity index is 2.27. The van der Waals surface area contributed by atoms with Crippen molar-refractivity contribution in [2.45, 2.75) is 26.4 Å². The highest BCUT2D eigenvalue weighted by molar-refractivity contribution is 5.45. The monoisotopic (exact) mass is 272 g/mol. The molecule has 2 aromatic rings. The summed E-state index contributed by atoms with van der Waals surface area (Å²) in [5.41, 5.74) is 7.75. The van der Waals surface area contributed by atoms with Crippen LogP contribution in [0, 0.1) is 0 Å². The topological polar surface area (TPSA) is 64.3 Å². The molecule has 5 nitrogen and oxygen atoms in total. The molecule has 1 aromatic heterocycles. The van der Waals surface area contributed by atoms with Gasteiger partial charge in [0.2, 0.25) is 5.88 Å². The van der Waals surface area contributed by atoms with Crippen molar-refractivity contribution in [3.05, 3.63) is 42.2 Å². The van der Waals surface area contributed by atoms with Gasteiger partial charge < -0.3 is 15.4 Å². The fourth-order valence-corrected chi connectivity index (χ4v) is 2.01. The molecule has 0 aliphatic rings. The SMILES string of the molecule is COc1cc(N(Cc2cccc(N)c2)C(C)C)ncn1. The quantitative estimate of drug-likeness (QED) is 0.847. The molecule has 20 heavy (non-hydrogen) atoms. The average molecular weight is 272 g/mol. The second kappa shape index (κ2) is 6.23. The van der Waals surface area contributed by atoms with E-state index >= 15 is 0 Å². The summed E-state index contributed by atoms with van der Waals surface area (Å²) in [7, 11) is 1.60. The van der Waals surface area contributed by atoms with Crippen LogP contribution in [-0.2, 0) is 6.54 Å². The largest absolute Gasteiger partial charge is 0.481 e. The molecule has 106 valence electrons. The van der Waals surface area contributed by atoms with Crippen LogP contribution >= 0.6 is 0 Å². The highest BCUT2D eigenvalue weighted by Crippen LogP contribution is 2.21. The zero-order valence-corrected chi connectivity index (χ0v) is 12.1. The van der Waals surface area contributed by atoms with Crippen LogP contribution in [0.3, 0.4) is 0 Å². The second-order valence-corrected chi connectivity index (χ2v) is 4.89. The van der Waals surface area contributed by atoms with Gasteiger partial charge in [-0.3, -0.25) is 0 Å². The molecule has 1 aromatic carbocycles. The molecule has 0 amide bonds. The molecule has 0 saturated heterocycles. The molecule has 0 unspecified atom stereocenters. The van der Waals surface area contributed by atoms with Crippen LogP contribution < -0.4 is 15.4 Å². The first-order chi connectivity index (χ1) is 9.60. The third-order valence-electron chi connectivity index (χ3n) is 3.06. The van der Waals surface area contributed by atoms with Gasteiger partial charge in [-0.1, -0.05) is 12.1 Å². The third kappa shape index (κ3) is 3.38. The fourth-order valence-electron chi connectivity index (χ4n) is 2.01. The van der Waals surface area contributed by atoms with Gasteiger partial charge in [-0.05, 0) is 31.5 Å². The minimum absolute atomic E-state index is 0.302. The lowest BCUT2D eigenvalue weighted by Crippen LogP contribution is -2.31. The van der Waals surface area contributed by atoms with Gasteiger partial charge >= 0.3 is 0 Å². The molecule has 2 N–H and O–H groups in total. The maximum Gasteiger partial charge on any atom is 0.218 e. The average Bonchev–Trinajstić information content (AvgIpc) is 2.44. The van der Waals surface area contributed by atoms with Gasteiger partial charge in [-0.25, -0.2) is 9.97 Å². The summed E-state index contributed by atoms with van der Waals surface area (Å²) >= 11 is 0. The van der Waals surface area contributed by atoms with Gasteiger partial charge in [-0.15, -0.1) is 0 Å². The van der Waals surface area contributed by atoms with Gasteiger partial charge in [0.15, 0.2) is 0 Å². The van der Waals surface area contributed by atoms with Gasteiger partial charge in [0.05, 0.1) is 7.11 Å². The van der Waals surface area contributed by atoms with Crippen LogP contribution in [0.25, 0.3) is 0 Å². The van der Waals surface area contributed by atoms with Crippen molar-refractivity contribution in [1.29, 1.82) is 0 Å². The Labute approximate surface area is 119 Å². The Bertz CT molecular complexity index is 571. The van der Waals surface area contributed by atoms with E-state index in [1.807, 2.05) is 24.3 Å². The predicted molar refractivity (Wildman–Crippen MR) is 80.8 cm³/mol. The van der Waals surface area contributed by atoms with Crippen LogP contribution in [0.1, 0.15) is 19.4 Å². The lowest BCUT2D eigenvalue weighted by Gasteiger charge is -2.28. The number of ether oxygens (including phenoxy) is 1. The third-order valence-corrected chi connectivity index (χ3v) is 3.06. The Kier molecular flexibility index (Phi) is 4.40. The highest BCUT2D eigenvalue weighted by Gasteiger charge is 2.14. The zero-order chi connectivity index (χ0) is 14.5. The van der Waals surface area contributed by atoms with Gasteiger partial charge in [0, 0.05) is 24.3 Å². The first-order valence-corrected chi connectivity index (χ1v) is 6.57. The molecule has 0 bridgehead atoms. The van der Waals surface area contributed by atoms with Crippen molar-refractivity contribution in [2.75, 3.05) is 17.7 Å². The van der Waals surface area contributed by atoms with E-state index in [1.54, 1.807) is 7.11 Å². The van der Waals surface area contributed by atoms with Gasteiger partial charge in [0.25, 0.3) is 0 Å². The fraction of sp³-hybridized carbons (Fsp3) is 0.333. The number of nitrogens with two attached hydrogens (primary N) is 1. The van der Waals surface area contributed by atoms with Crippen molar-refractivity contribution in [1.82, 2.24) is 9.97 Å². The van der Waals surface area contributed by atoms with E-state index in [4.69, 9.17) is 10.5 Å². The van der Waals surface area contributed by atoms with Crippen molar-refractivity contribution in [2.24, 2.45) is 0 Å². The number of nitrogen functional groups attached to an aromatic ring is 1. The van der Waals surface area contributed by atoms with Crippen molar-refractivity contribution in [3.8, 4) is 5.88 Å². The summed E-state index contributed by atoms with van der Waals surface area (Å²) in [6.45, 7) is 4.99. The molecular formula is C15H20N4O. The van der Waals surface area contributed by atoms with E-state index in [2.05, 4.69) is 34.8 Å². The van der Waals surface area contributed by atoms with Crippen LogP contribution in [0.2, 0.25) is 0 Å². The van der Waals surface area contributed by atoms with E-state index < -0.39 is 0 Å². The lowest BCUT2D eigenvalue weighted by molar-refractivity contribution is 0.396. The van der Waals surface area contributed by atoms with Crippen LogP contribution in [-0.4, -0.2) is 23.1 Å². The standard InChI is InChI=1S/C15H20N4O/c1-11(2)19(9-12-5-4-6-13(16)7-12)14-8-15(20-3)18-10-17-14/h4-8,10-11H,9,16H2,1-3H3. The molecule has 0 spiro atoms. The Morgan fingerprint density at radius 3 is 2.70 bits per heavy atom. The van der Waals surface area contributed by atoms with Crippen LogP contribution in [0.5, 0.6) is 5.88 Å². The summed E-state index contributed by atoms with van der Waals surface area (Å²) < 4.78 is 5.16. The number of aromatic nitrogens is 2. The summed E-state index contributed by atoms with van der Waals surface area (Å²) in [6, 6.07) is 10.0. The smallest absolute Gasteiger partial charge is 0.218 e. The van der Waals surface area contributed by atoms with E-state index in [0.29, 0.717) is 11.9 Å². The van der Waals surface area contributed by atoms with Crippen molar-refractivity contribution >= 4 is 11.5 Å². The molecule has 0 atom stereocenters. The molecule has 2 rings (SSSR count). The zero-order valence-electron chi connectivity index (χ0n) is 12.1. The maximum atomic E-state index is 5.83. The molecular weight excluding hydrogens is 252 g/mol. The minimum Gasteiger partial charge on any atom is -0.481 e. The molecule has 1 heterocycles. The first kappa shape index (κ1) is 14.1. The molecule has 0 aliphatic heterocycles. The molecule has 0 radical (unpaired) electrons. The number of methoxy groups -OCH3 is 1. The van der Waals surface area contributed by atoms with Crippen molar-refractivity contribution in [3.63, 3.8) is 0 Å². The summed E-state index contributed by atoms with van der Waals surface area (Å²) in [5, 5.41) is 0. The minimum atomic E-state index is 0.302. The van der Waals surface area contributed by atoms with E-state index in [9.17, 15) is 0 Å².